The van der Waals surface area contributed by atoms with Crippen molar-refractivity contribution in [3.05, 3.63) is 0 Å². The van der Waals surface area contributed by atoms with Crippen molar-refractivity contribution in [3.63, 3.8) is 0 Å². The Morgan fingerprint density at radius 2 is 1.50 bits per heavy atom. The second-order valence-corrected chi connectivity index (χ2v) is 7.01. The molecule has 0 aromatic heterocycles. The summed E-state index contributed by atoms with van der Waals surface area (Å²) in [7, 11) is 0. The van der Waals surface area contributed by atoms with Crippen LogP contribution >= 0.6 is 0 Å². The molecule has 1 N–H and O–H groups in total. The molecule has 2 nitrogen and oxygen atoms in total. The Kier molecular flexibility index (Phi) is 3.02. The van der Waals surface area contributed by atoms with Crippen LogP contribution < -0.4 is 0 Å². The van der Waals surface area contributed by atoms with Gasteiger partial charge in [-0.2, -0.15) is 0 Å². The van der Waals surface area contributed by atoms with Gasteiger partial charge in [-0.25, -0.2) is 0 Å². The molecule has 2 rings (SSSR count). The molecular weight excluding hydrogens is 200 g/mol. The maximum Gasteiger partial charge on any atom is 0.306 e. The molecule has 0 amide bonds. The van der Waals surface area contributed by atoms with E-state index in [-0.39, 0.29) is 5.92 Å². The lowest BCUT2D eigenvalue weighted by molar-refractivity contribution is -0.145. The Balaban J connectivity index is 2.03. The summed E-state index contributed by atoms with van der Waals surface area (Å²) in [5.41, 5.74) is 0.396. The fourth-order valence-corrected chi connectivity index (χ4v) is 3.76. The highest BCUT2D eigenvalue weighted by Gasteiger charge is 2.41. The van der Waals surface area contributed by atoms with Crippen molar-refractivity contribution in [1.82, 2.24) is 0 Å². The van der Waals surface area contributed by atoms with Crippen molar-refractivity contribution in [2.24, 2.45) is 29.1 Å². The van der Waals surface area contributed by atoms with Gasteiger partial charge in [0, 0.05) is 0 Å². The van der Waals surface area contributed by atoms with Gasteiger partial charge in [-0.15, -0.1) is 0 Å². The van der Waals surface area contributed by atoms with E-state index in [0.717, 1.165) is 18.8 Å². The molecule has 2 bridgehead atoms. The van der Waals surface area contributed by atoms with Crippen LogP contribution in [-0.2, 0) is 4.79 Å². The van der Waals surface area contributed by atoms with Gasteiger partial charge in [-0.05, 0) is 55.3 Å². The second-order valence-electron chi connectivity index (χ2n) is 7.01. The van der Waals surface area contributed by atoms with Crippen molar-refractivity contribution in [2.45, 2.75) is 52.9 Å². The minimum Gasteiger partial charge on any atom is -0.481 e. The maximum atomic E-state index is 11.1. The standard InChI is InChI=1S/C14H24O2/c1-14(2,3)12-7-9-4-10(8-12)6-11(5-9)13(15)16/h9-12H,4-8H2,1-3H3,(H,15,16). The van der Waals surface area contributed by atoms with Crippen LogP contribution in [0.15, 0.2) is 0 Å². The molecule has 2 unspecified atom stereocenters. The molecule has 16 heavy (non-hydrogen) atoms. The molecule has 2 fully saturated rings. The van der Waals surface area contributed by atoms with Gasteiger partial charge in [0.05, 0.1) is 5.92 Å². The number of hydrogen-bond acceptors (Lipinski definition) is 1. The zero-order valence-electron chi connectivity index (χ0n) is 10.7. The van der Waals surface area contributed by atoms with E-state index in [1.165, 1.54) is 19.3 Å². The summed E-state index contributed by atoms with van der Waals surface area (Å²) in [4.78, 5) is 11.1. The number of carboxylic acid groups (broad SMARTS) is 1. The van der Waals surface area contributed by atoms with E-state index in [0.29, 0.717) is 17.3 Å². The van der Waals surface area contributed by atoms with Gasteiger partial charge >= 0.3 is 5.97 Å². The van der Waals surface area contributed by atoms with Crippen molar-refractivity contribution >= 4 is 5.97 Å². The molecule has 2 atom stereocenters. The third-order valence-electron chi connectivity index (χ3n) is 4.71. The van der Waals surface area contributed by atoms with Crippen LogP contribution in [-0.4, -0.2) is 11.1 Å². The van der Waals surface area contributed by atoms with E-state index in [1.54, 1.807) is 0 Å². The van der Waals surface area contributed by atoms with Crippen LogP contribution in [0, 0.1) is 29.1 Å². The van der Waals surface area contributed by atoms with Crippen LogP contribution in [0.3, 0.4) is 0 Å². The first-order valence-corrected chi connectivity index (χ1v) is 6.59. The predicted molar refractivity (Wildman–Crippen MR) is 64.1 cm³/mol. The third-order valence-corrected chi connectivity index (χ3v) is 4.71. The van der Waals surface area contributed by atoms with Gasteiger partial charge in [0.2, 0.25) is 0 Å². The average molecular weight is 224 g/mol. The van der Waals surface area contributed by atoms with Crippen molar-refractivity contribution in [1.29, 1.82) is 0 Å². The van der Waals surface area contributed by atoms with E-state index in [9.17, 15) is 4.79 Å². The highest BCUT2D eigenvalue weighted by atomic mass is 16.4. The average Bonchev–Trinajstić information content (AvgIpc) is 2.14. The molecule has 0 saturated heterocycles. The fraction of sp³-hybridized carbons (Fsp3) is 0.929. The normalized spacial score (nSPS) is 39.4. The highest BCUT2D eigenvalue weighted by Crippen LogP contribution is 2.49. The monoisotopic (exact) mass is 224 g/mol. The zero-order valence-corrected chi connectivity index (χ0v) is 10.7. The van der Waals surface area contributed by atoms with Crippen LogP contribution in [0.4, 0.5) is 0 Å². The van der Waals surface area contributed by atoms with Crippen LogP contribution in [0.25, 0.3) is 0 Å². The number of carboxylic acids is 1. The van der Waals surface area contributed by atoms with Crippen LogP contribution in [0.2, 0.25) is 0 Å². The summed E-state index contributed by atoms with van der Waals surface area (Å²) in [6.45, 7) is 6.98. The Hall–Kier alpha value is -0.530. The largest absolute Gasteiger partial charge is 0.481 e. The quantitative estimate of drug-likeness (QED) is 0.739. The lowest BCUT2D eigenvalue weighted by Crippen LogP contribution is -2.37. The molecular formula is C14H24O2. The van der Waals surface area contributed by atoms with E-state index < -0.39 is 5.97 Å². The number of carbonyl (C=O) groups is 1. The molecule has 0 radical (unpaired) electrons. The van der Waals surface area contributed by atoms with Crippen molar-refractivity contribution < 1.29 is 9.90 Å². The maximum absolute atomic E-state index is 11.1. The first-order chi connectivity index (χ1) is 7.36. The molecule has 0 heterocycles. The Morgan fingerprint density at radius 1 is 1.00 bits per heavy atom. The first-order valence-electron chi connectivity index (χ1n) is 6.59. The first kappa shape index (κ1) is 11.9. The van der Waals surface area contributed by atoms with Crippen LogP contribution in [0.1, 0.15) is 52.9 Å². The number of rotatable bonds is 1. The van der Waals surface area contributed by atoms with Gasteiger partial charge in [0.15, 0.2) is 0 Å². The van der Waals surface area contributed by atoms with E-state index >= 15 is 0 Å². The van der Waals surface area contributed by atoms with Gasteiger partial charge in [-0.3, -0.25) is 4.79 Å². The lowest BCUT2D eigenvalue weighted by Gasteiger charge is -2.45. The summed E-state index contributed by atoms with van der Waals surface area (Å²) < 4.78 is 0. The Labute approximate surface area is 98.4 Å². The fourth-order valence-electron chi connectivity index (χ4n) is 3.76. The van der Waals surface area contributed by atoms with Crippen molar-refractivity contribution in [2.75, 3.05) is 0 Å². The predicted octanol–water partition coefficient (Wildman–Crippen LogP) is 3.56. The highest BCUT2D eigenvalue weighted by molar-refractivity contribution is 5.70. The van der Waals surface area contributed by atoms with Gasteiger partial charge in [0.1, 0.15) is 0 Å². The topological polar surface area (TPSA) is 37.3 Å². The molecule has 0 spiro atoms. The lowest BCUT2D eigenvalue weighted by atomic mass is 9.59. The summed E-state index contributed by atoms with van der Waals surface area (Å²) in [5, 5.41) is 9.12. The summed E-state index contributed by atoms with van der Waals surface area (Å²) in [6.07, 6.45) is 5.65. The third kappa shape index (κ3) is 2.41. The summed E-state index contributed by atoms with van der Waals surface area (Å²) >= 11 is 0. The smallest absolute Gasteiger partial charge is 0.306 e. The summed E-state index contributed by atoms with van der Waals surface area (Å²) in [6, 6.07) is 0. The number of hydrogen-bond donors (Lipinski definition) is 1. The molecule has 0 aromatic carbocycles. The Bertz CT molecular complexity index is 263. The minimum atomic E-state index is -0.566. The van der Waals surface area contributed by atoms with Crippen LogP contribution in [0.5, 0.6) is 0 Å². The molecule has 2 heteroatoms. The second kappa shape index (κ2) is 4.05. The van der Waals surface area contributed by atoms with Gasteiger partial charge in [0.25, 0.3) is 0 Å². The van der Waals surface area contributed by atoms with Gasteiger partial charge in [-0.1, -0.05) is 20.8 Å². The van der Waals surface area contributed by atoms with E-state index in [1.807, 2.05) is 0 Å². The molecule has 0 aromatic rings. The minimum absolute atomic E-state index is 0.0512. The summed E-state index contributed by atoms with van der Waals surface area (Å²) in [5.74, 6) is 1.54. The van der Waals surface area contributed by atoms with Crippen molar-refractivity contribution in [3.8, 4) is 0 Å². The van der Waals surface area contributed by atoms with Gasteiger partial charge < -0.3 is 5.11 Å². The molecule has 0 aliphatic heterocycles. The number of aliphatic carboxylic acids is 1. The Morgan fingerprint density at radius 3 is 1.88 bits per heavy atom. The molecule has 2 saturated carbocycles. The SMILES string of the molecule is CC(C)(C)C1CC2CC(CC(C(=O)O)C2)C1. The zero-order chi connectivity index (χ0) is 11.9. The van der Waals surface area contributed by atoms with E-state index in [4.69, 9.17) is 5.11 Å². The molecule has 2 aliphatic carbocycles. The molecule has 92 valence electrons. The molecule has 2 aliphatic rings. The van der Waals surface area contributed by atoms with E-state index in [2.05, 4.69) is 20.8 Å². The number of fused-ring (bicyclic) bond motifs is 2.